The molecule has 33 heavy (non-hydrogen) atoms. The van der Waals surface area contributed by atoms with Crippen LogP contribution >= 0.6 is 0 Å². The molecule has 1 saturated heterocycles. The fourth-order valence-corrected chi connectivity index (χ4v) is 3.18. The molecule has 0 bridgehead atoms. The van der Waals surface area contributed by atoms with Gasteiger partial charge in [0.25, 0.3) is 0 Å². The molecule has 0 saturated carbocycles. The largest absolute Gasteiger partial charge is 0.492 e. The number of carbonyl (C=O) groups is 2. The highest BCUT2D eigenvalue weighted by Crippen LogP contribution is 2.39. The Balaban J connectivity index is 1.78. The van der Waals surface area contributed by atoms with Crippen LogP contribution in [0.4, 0.5) is 10.5 Å². The minimum Gasteiger partial charge on any atom is -0.478 e. The van der Waals surface area contributed by atoms with E-state index in [-0.39, 0.29) is 24.4 Å². The molecule has 1 aliphatic heterocycles. The van der Waals surface area contributed by atoms with Gasteiger partial charge in [0.2, 0.25) is 0 Å². The van der Waals surface area contributed by atoms with Crippen LogP contribution in [-0.2, 0) is 20.7 Å². The van der Waals surface area contributed by atoms with Gasteiger partial charge in [-0.05, 0) is 56.4 Å². The fraction of sp³-hybridized carbons (Fsp3) is 0.333. The topological polar surface area (TPSA) is 120 Å². The van der Waals surface area contributed by atoms with Gasteiger partial charge in [0.1, 0.15) is 6.61 Å². The zero-order valence-electron chi connectivity index (χ0n) is 19.3. The summed E-state index contributed by atoms with van der Waals surface area (Å²) in [5.74, 6) is -1.06. The van der Waals surface area contributed by atoms with Crippen molar-refractivity contribution in [3.05, 3.63) is 70.7 Å². The van der Waals surface area contributed by atoms with Crippen molar-refractivity contribution < 1.29 is 28.7 Å². The van der Waals surface area contributed by atoms with Gasteiger partial charge in [-0.15, -0.1) is 0 Å². The number of anilines is 1. The molecule has 4 N–H and O–H groups in total. The second kappa shape index (κ2) is 9.68. The fourth-order valence-electron chi connectivity index (χ4n) is 3.18. The number of nitrogens with two attached hydrogens (primary N) is 1. The number of amides is 1. The third kappa shape index (κ3) is 5.94. The summed E-state index contributed by atoms with van der Waals surface area (Å²) >= 11 is 0. The summed E-state index contributed by atoms with van der Waals surface area (Å²) in [5.41, 5.74) is 7.37. The number of carboxylic acid groups (broad SMARTS) is 1. The van der Waals surface area contributed by atoms with Crippen molar-refractivity contribution in [2.45, 2.75) is 45.5 Å². The molecule has 0 spiro atoms. The van der Waals surface area contributed by atoms with E-state index in [2.05, 4.69) is 5.32 Å². The first-order valence-corrected chi connectivity index (χ1v) is 10.6. The number of rotatable bonds is 7. The standard InChI is InChI=1S/C24H29BN2O6/c1-23(2)24(3,4)33-25(32-23)19(12-17-10-11-18(21(28)29)13-20(17)26)14-27-22(30)31-15-16-8-6-5-7-9-16/h5-13H,14-15,26H2,1-4H3,(H,27,30)(H,28,29). The molecule has 3 rings (SSSR count). The molecule has 1 heterocycles. The molecule has 1 aliphatic rings. The van der Waals surface area contributed by atoms with Gasteiger partial charge >= 0.3 is 19.2 Å². The van der Waals surface area contributed by atoms with Crippen molar-refractivity contribution in [3.63, 3.8) is 0 Å². The van der Waals surface area contributed by atoms with Gasteiger partial charge in [-0.2, -0.15) is 0 Å². The predicted octanol–water partition coefficient (Wildman–Crippen LogP) is 3.91. The van der Waals surface area contributed by atoms with E-state index in [1.54, 1.807) is 12.1 Å². The predicted molar refractivity (Wildman–Crippen MR) is 127 cm³/mol. The van der Waals surface area contributed by atoms with Crippen LogP contribution in [-0.4, -0.2) is 42.0 Å². The van der Waals surface area contributed by atoms with Crippen molar-refractivity contribution >= 4 is 30.9 Å². The Hall–Kier alpha value is -3.30. The molecule has 1 fully saturated rings. The van der Waals surface area contributed by atoms with E-state index >= 15 is 0 Å². The number of hydrogen-bond donors (Lipinski definition) is 3. The SMILES string of the molecule is CC1(C)OB(C(=Cc2ccc(C(=O)O)cc2N)CNC(=O)OCc2ccccc2)OC1(C)C. The first-order valence-electron chi connectivity index (χ1n) is 10.6. The average molecular weight is 452 g/mol. The van der Waals surface area contributed by atoms with Crippen molar-refractivity contribution in [2.75, 3.05) is 12.3 Å². The lowest BCUT2D eigenvalue weighted by molar-refractivity contribution is 0.00578. The Labute approximate surface area is 193 Å². The Morgan fingerprint density at radius 3 is 2.30 bits per heavy atom. The number of aromatic carboxylic acids is 1. The monoisotopic (exact) mass is 452 g/mol. The zero-order valence-corrected chi connectivity index (χ0v) is 19.3. The maximum atomic E-state index is 12.3. The molecule has 0 aromatic heterocycles. The number of hydrogen-bond acceptors (Lipinski definition) is 6. The Morgan fingerprint density at radius 1 is 1.09 bits per heavy atom. The smallest absolute Gasteiger partial charge is 0.478 e. The number of carbonyl (C=O) groups excluding carboxylic acids is 1. The Bertz CT molecular complexity index is 1040. The van der Waals surface area contributed by atoms with E-state index < -0.39 is 30.4 Å². The summed E-state index contributed by atoms with van der Waals surface area (Å²) in [5, 5.41) is 11.9. The lowest BCUT2D eigenvalue weighted by Gasteiger charge is -2.32. The normalized spacial score (nSPS) is 17.0. The zero-order chi connectivity index (χ0) is 24.2. The van der Waals surface area contributed by atoms with E-state index in [9.17, 15) is 14.7 Å². The third-order valence-electron chi connectivity index (χ3n) is 5.88. The molecule has 174 valence electrons. The first-order chi connectivity index (χ1) is 15.5. The van der Waals surface area contributed by atoms with E-state index in [0.29, 0.717) is 11.0 Å². The Kier molecular flexibility index (Phi) is 7.14. The number of ether oxygens (including phenoxy) is 1. The Morgan fingerprint density at radius 2 is 1.73 bits per heavy atom. The first kappa shape index (κ1) is 24.3. The summed E-state index contributed by atoms with van der Waals surface area (Å²) in [6.45, 7) is 7.96. The molecule has 9 heteroatoms. The van der Waals surface area contributed by atoms with Gasteiger partial charge in [0, 0.05) is 12.2 Å². The van der Waals surface area contributed by atoms with Crippen LogP contribution in [0, 0.1) is 0 Å². The molecule has 2 aromatic carbocycles. The highest BCUT2D eigenvalue weighted by Gasteiger charge is 2.52. The van der Waals surface area contributed by atoms with Crippen LogP contribution in [0.1, 0.15) is 49.2 Å². The molecule has 0 aliphatic carbocycles. The van der Waals surface area contributed by atoms with Gasteiger partial charge in [-0.3, -0.25) is 0 Å². The molecular weight excluding hydrogens is 423 g/mol. The second-order valence-corrected chi connectivity index (χ2v) is 8.87. The lowest BCUT2D eigenvalue weighted by Crippen LogP contribution is -2.41. The van der Waals surface area contributed by atoms with E-state index in [1.165, 1.54) is 12.1 Å². The minimum absolute atomic E-state index is 0.0875. The quantitative estimate of drug-likeness (QED) is 0.430. The van der Waals surface area contributed by atoms with Crippen molar-refractivity contribution in [3.8, 4) is 0 Å². The molecule has 1 amide bonds. The number of nitrogen functional groups attached to an aromatic ring is 1. The summed E-state index contributed by atoms with van der Waals surface area (Å²) in [6, 6.07) is 13.8. The van der Waals surface area contributed by atoms with Crippen molar-refractivity contribution in [1.29, 1.82) is 0 Å². The molecular formula is C24H29BN2O6. The van der Waals surface area contributed by atoms with Gasteiger partial charge < -0.3 is 30.2 Å². The lowest BCUT2D eigenvalue weighted by atomic mass is 9.76. The summed E-state index contributed by atoms with van der Waals surface area (Å²) in [7, 11) is -0.733. The van der Waals surface area contributed by atoms with Crippen molar-refractivity contribution in [1.82, 2.24) is 5.32 Å². The maximum Gasteiger partial charge on any atom is 0.492 e. The second-order valence-electron chi connectivity index (χ2n) is 8.87. The maximum absolute atomic E-state index is 12.3. The third-order valence-corrected chi connectivity index (χ3v) is 5.88. The summed E-state index contributed by atoms with van der Waals surface area (Å²) in [6.07, 6.45) is 1.15. The van der Waals surface area contributed by atoms with Crippen molar-refractivity contribution in [2.24, 2.45) is 0 Å². The van der Waals surface area contributed by atoms with E-state index in [4.69, 9.17) is 19.8 Å². The summed E-state index contributed by atoms with van der Waals surface area (Å²) in [4.78, 5) is 23.5. The number of alkyl carbamates (subject to hydrolysis) is 1. The summed E-state index contributed by atoms with van der Waals surface area (Å²) < 4.78 is 17.6. The molecule has 0 unspecified atom stereocenters. The van der Waals surface area contributed by atoms with E-state index in [1.807, 2.05) is 58.0 Å². The van der Waals surface area contributed by atoms with Gasteiger partial charge in [0.05, 0.1) is 16.8 Å². The average Bonchev–Trinajstić information content (AvgIpc) is 2.98. The van der Waals surface area contributed by atoms with Crippen LogP contribution in [0.25, 0.3) is 6.08 Å². The number of nitrogens with one attached hydrogen (secondary N) is 1. The minimum atomic E-state index is -1.06. The van der Waals surface area contributed by atoms with Crippen LogP contribution in [0.15, 0.2) is 54.0 Å². The molecule has 0 radical (unpaired) electrons. The number of carboxylic acids is 1. The highest BCUT2D eigenvalue weighted by molar-refractivity contribution is 6.56. The number of benzene rings is 2. The van der Waals surface area contributed by atoms with Crippen LogP contribution in [0.5, 0.6) is 0 Å². The molecule has 0 atom stereocenters. The van der Waals surface area contributed by atoms with E-state index in [0.717, 1.165) is 5.56 Å². The van der Waals surface area contributed by atoms with Crippen LogP contribution in [0.3, 0.4) is 0 Å². The van der Waals surface area contributed by atoms with Crippen LogP contribution in [0.2, 0.25) is 0 Å². The molecule has 8 nitrogen and oxygen atoms in total. The van der Waals surface area contributed by atoms with Crippen LogP contribution < -0.4 is 11.1 Å². The van der Waals surface area contributed by atoms with Gasteiger partial charge in [-0.25, -0.2) is 9.59 Å². The molecule has 2 aromatic rings. The highest BCUT2D eigenvalue weighted by atomic mass is 16.7. The van der Waals surface area contributed by atoms with Gasteiger partial charge in [0.15, 0.2) is 0 Å². The van der Waals surface area contributed by atoms with Gasteiger partial charge in [-0.1, -0.05) is 42.5 Å².